The lowest BCUT2D eigenvalue weighted by molar-refractivity contribution is 0.0583. The van der Waals surface area contributed by atoms with Crippen LogP contribution >= 0.6 is 11.8 Å². The van der Waals surface area contributed by atoms with Crippen LogP contribution in [0.4, 0.5) is 0 Å². The predicted octanol–water partition coefficient (Wildman–Crippen LogP) is 3.41. The Balaban J connectivity index is 2.43. The fraction of sp³-hybridized carbons (Fsp3) is 0.125. The molecule has 0 N–H and O–H groups in total. The van der Waals surface area contributed by atoms with Gasteiger partial charge >= 0.3 is 11.9 Å². The lowest BCUT2D eigenvalue weighted by Gasteiger charge is -2.09. The van der Waals surface area contributed by atoms with Crippen molar-refractivity contribution >= 4 is 23.7 Å². The molecule has 0 atom stereocenters. The molecule has 2 aromatic carbocycles. The van der Waals surface area contributed by atoms with Gasteiger partial charge in [-0.3, -0.25) is 0 Å². The van der Waals surface area contributed by atoms with Gasteiger partial charge in [-0.25, -0.2) is 9.59 Å². The van der Waals surface area contributed by atoms with Crippen LogP contribution in [0.5, 0.6) is 0 Å². The second-order valence-electron chi connectivity index (χ2n) is 4.11. The van der Waals surface area contributed by atoms with Crippen LogP contribution in [0.3, 0.4) is 0 Å². The van der Waals surface area contributed by atoms with Gasteiger partial charge in [-0.05, 0) is 30.3 Å². The van der Waals surface area contributed by atoms with Gasteiger partial charge in [0.15, 0.2) is 0 Å². The molecule has 0 unspecified atom stereocenters. The molecule has 0 bridgehead atoms. The van der Waals surface area contributed by atoms with E-state index in [1.807, 2.05) is 30.3 Å². The van der Waals surface area contributed by atoms with Crippen LogP contribution in [0.2, 0.25) is 0 Å². The first-order chi connectivity index (χ1) is 10.2. The Hall–Kier alpha value is -2.27. The van der Waals surface area contributed by atoms with Crippen LogP contribution < -0.4 is 0 Å². The van der Waals surface area contributed by atoms with Crippen molar-refractivity contribution in [3.8, 4) is 0 Å². The van der Waals surface area contributed by atoms with Crippen LogP contribution in [0, 0.1) is 0 Å². The summed E-state index contributed by atoms with van der Waals surface area (Å²) < 4.78 is 9.48. The van der Waals surface area contributed by atoms with Crippen LogP contribution in [-0.4, -0.2) is 26.2 Å². The van der Waals surface area contributed by atoms with Gasteiger partial charge in [-0.2, -0.15) is 0 Å². The Kier molecular flexibility index (Phi) is 5.00. The van der Waals surface area contributed by atoms with E-state index in [0.717, 1.165) is 4.90 Å². The predicted molar refractivity (Wildman–Crippen MR) is 79.7 cm³/mol. The minimum absolute atomic E-state index is 0.392. The maximum absolute atomic E-state index is 11.8. The number of rotatable bonds is 4. The highest BCUT2D eigenvalue weighted by atomic mass is 32.2. The maximum atomic E-state index is 11.8. The lowest BCUT2D eigenvalue weighted by Crippen LogP contribution is -2.06. The van der Waals surface area contributed by atoms with E-state index < -0.39 is 11.9 Å². The lowest BCUT2D eigenvalue weighted by atomic mass is 10.1. The van der Waals surface area contributed by atoms with E-state index in [1.165, 1.54) is 26.0 Å². The van der Waals surface area contributed by atoms with Crippen LogP contribution in [0.1, 0.15) is 20.7 Å². The van der Waals surface area contributed by atoms with Gasteiger partial charge in [0, 0.05) is 9.79 Å². The Morgan fingerprint density at radius 2 is 1.57 bits per heavy atom. The summed E-state index contributed by atoms with van der Waals surface area (Å²) in [5.41, 5.74) is 0.808. The molecule has 21 heavy (non-hydrogen) atoms. The number of carbonyl (C=O) groups is 2. The van der Waals surface area contributed by atoms with Crippen LogP contribution in [0.25, 0.3) is 0 Å². The third-order valence-corrected chi connectivity index (χ3v) is 3.84. The highest BCUT2D eigenvalue weighted by Crippen LogP contribution is 2.31. The molecular weight excluding hydrogens is 288 g/mol. The third-order valence-electron chi connectivity index (χ3n) is 2.78. The molecule has 2 aromatic rings. The zero-order chi connectivity index (χ0) is 15.2. The minimum atomic E-state index is -0.443. The maximum Gasteiger partial charge on any atom is 0.339 e. The van der Waals surface area contributed by atoms with Gasteiger partial charge in [-0.15, -0.1) is 0 Å². The second-order valence-corrected chi connectivity index (χ2v) is 5.22. The molecule has 0 spiro atoms. The Morgan fingerprint density at radius 3 is 2.19 bits per heavy atom. The third kappa shape index (κ3) is 3.64. The SMILES string of the molecule is COC(=O)c1ccc(C(=O)OC)c(Sc2ccccc2)c1. The molecule has 4 nitrogen and oxygen atoms in total. The molecule has 0 aromatic heterocycles. The molecular formula is C16H14O4S. The summed E-state index contributed by atoms with van der Waals surface area (Å²) in [5.74, 6) is -0.883. The number of hydrogen-bond acceptors (Lipinski definition) is 5. The van der Waals surface area contributed by atoms with E-state index in [9.17, 15) is 9.59 Å². The van der Waals surface area contributed by atoms with E-state index in [0.29, 0.717) is 16.0 Å². The minimum Gasteiger partial charge on any atom is -0.465 e. The number of hydrogen-bond donors (Lipinski definition) is 0. The first kappa shape index (κ1) is 15.1. The molecule has 5 heteroatoms. The summed E-state index contributed by atoms with van der Waals surface area (Å²) in [7, 11) is 2.65. The fourth-order valence-corrected chi connectivity index (χ4v) is 2.74. The standard InChI is InChI=1S/C16H14O4S/c1-19-15(17)11-8-9-13(16(18)20-2)14(10-11)21-12-6-4-3-5-7-12/h3-10H,1-2H3. The molecule has 0 radical (unpaired) electrons. The molecule has 0 heterocycles. The van der Waals surface area contributed by atoms with Gasteiger partial charge in [0.1, 0.15) is 0 Å². The zero-order valence-electron chi connectivity index (χ0n) is 11.7. The van der Waals surface area contributed by atoms with Crippen molar-refractivity contribution in [1.29, 1.82) is 0 Å². The zero-order valence-corrected chi connectivity index (χ0v) is 12.5. The highest BCUT2D eigenvalue weighted by Gasteiger charge is 2.16. The van der Waals surface area contributed by atoms with Crippen molar-refractivity contribution in [2.75, 3.05) is 14.2 Å². The van der Waals surface area contributed by atoms with E-state index in [4.69, 9.17) is 9.47 Å². The average molecular weight is 302 g/mol. The first-order valence-electron chi connectivity index (χ1n) is 6.19. The van der Waals surface area contributed by atoms with Crippen LogP contribution in [-0.2, 0) is 9.47 Å². The van der Waals surface area contributed by atoms with Gasteiger partial charge in [-0.1, -0.05) is 30.0 Å². The summed E-state index contributed by atoms with van der Waals surface area (Å²) in [4.78, 5) is 25.1. The van der Waals surface area contributed by atoms with E-state index in [1.54, 1.807) is 18.2 Å². The molecule has 0 saturated carbocycles. The second kappa shape index (κ2) is 6.95. The molecule has 108 valence electrons. The topological polar surface area (TPSA) is 52.6 Å². The van der Waals surface area contributed by atoms with Crippen molar-refractivity contribution in [2.24, 2.45) is 0 Å². The largest absolute Gasteiger partial charge is 0.465 e. The van der Waals surface area contributed by atoms with E-state index in [-0.39, 0.29) is 0 Å². The number of benzene rings is 2. The summed E-state index contributed by atoms with van der Waals surface area (Å²) in [6.45, 7) is 0. The molecule has 0 aliphatic carbocycles. The fourth-order valence-electron chi connectivity index (χ4n) is 1.75. The molecule has 0 saturated heterocycles. The Labute approximate surface area is 127 Å². The summed E-state index contributed by atoms with van der Waals surface area (Å²) in [6.07, 6.45) is 0. The summed E-state index contributed by atoms with van der Waals surface area (Å²) in [5, 5.41) is 0. The molecule has 2 rings (SSSR count). The summed E-state index contributed by atoms with van der Waals surface area (Å²) in [6, 6.07) is 14.3. The Bertz CT molecular complexity index is 653. The summed E-state index contributed by atoms with van der Waals surface area (Å²) >= 11 is 1.39. The monoisotopic (exact) mass is 302 g/mol. The van der Waals surface area contributed by atoms with Crippen molar-refractivity contribution < 1.29 is 19.1 Å². The van der Waals surface area contributed by atoms with Crippen molar-refractivity contribution in [1.82, 2.24) is 0 Å². The smallest absolute Gasteiger partial charge is 0.339 e. The van der Waals surface area contributed by atoms with Crippen molar-refractivity contribution in [3.63, 3.8) is 0 Å². The molecule has 0 aliphatic heterocycles. The Morgan fingerprint density at radius 1 is 0.905 bits per heavy atom. The van der Waals surface area contributed by atoms with Gasteiger partial charge < -0.3 is 9.47 Å². The van der Waals surface area contributed by atoms with Gasteiger partial charge in [0.25, 0.3) is 0 Å². The number of ether oxygens (including phenoxy) is 2. The highest BCUT2D eigenvalue weighted by molar-refractivity contribution is 7.99. The van der Waals surface area contributed by atoms with E-state index >= 15 is 0 Å². The van der Waals surface area contributed by atoms with Crippen LogP contribution in [0.15, 0.2) is 58.3 Å². The normalized spacial score (nSPS) is 10.0. The first-order valence-corrected chi connectivity index (χ1v) is 7.01. The quantitative estimate of drug-likeness (QED) is 0.810. The van der Waals surface area contributed by atoms with Gasteiger partial charge in [0.2, 0.25) is 0 Å². The molecule has 0 amide bonds. The average Bonchev–Trinajstić information content (AvgIpc) is 2.54. The number of esters is 2. The van der Waals surface area contributed by atoms with Crippen molar-refractivity contribution in [2.45, 2.75) is 9.79 Å². The molecule has 0 fully saturated rings. The van der Waals surface area contributed by atoms with E-state index in [2.05, 4.69) is 0 Å². The van der Waals surface area contributed by atoms with Gasteiger partial charge in [0.05, 0.1) is 25.3 Å². The number of methoxy groups -OCH3 is 2. The van der Waals surface area contributed by atoms with Crippen molar-refractivity contribution in [3.05, 3.63) is 59.7 Å². The molecule has 0 aliphatic rings. The number of carbonyl (C=O) groups excluding carboxylic acids is 2.